The Kier molecular flexibility index (Phi) is 6.44. The Labute approximate surface area is 95.5 Å². The lowest BCUT2D eigenvalue weighted by Gasteiger charge is -2.04. The van der Waals surface area contributed by atoms with Gasteiger partial charge in [-0.05, 0) is 49.1 Å². The van der Waals surface area contributed by atoms with Crippen LogP contribution in [0.4, 0.5) is 4.39 Å². The molecule has 1 rings (SSSR count). The minimum atomic E-state index is -0.156. The molecule has 0 unspecified atom stereocenters. The van der Waals surface area contributed by atoms with Gasteiger partial charge in [0.05, 0.1) is 0 Å². The van der Waals surface area contributed by atoms with Crippen molar-refractivity contribution in [2.24, 2.45) is 0 Å². The highest BCUT2D eigenvalue weighted by Gasteiger charge is 1.94. The summed E-state index contributed by atoms with van der Waals surface area (Å²) >= 11 is 1.88. The van der Waals surface area contributed by atoms with Crippen LogP contribution in [0.25, 0.3) is 0 Å². The Hall–Kier alpha value is -0.540. The van der Waals surface area contributed by atoms with Gasteiger partial charge in [-0.25, -0.2) is 4.39 Å². The fourth-order valence-electron chi connectivity index (χ4n) is 1.38. The zero-order chi connectivity index (χ0) is 10.9. The highest BCUT2D eigenvalue weighted by molar-refractivity contribution is 7.98. The van der Waals surface area contributed by atoms with Crippen LogP contribution in [0, 0.1) is 5.82 Å². The van der Waals surface area contributed by atoms with E-state index in [1.54, 1.807) is 12.1 Å². The van der Waals surface area contributed by atoms with Gasteiger partial charge in [0, 0.05) is 6.54 Å². The molecule has 0 amide bonds. The number of benzene rings is 1. The molecule has 1 aromatic rings. The molecule has 0 heterocycles. The second-order valence-electron chi connectivity index (χ2n) is 3.51. The average Bonchev–Trinajstić information content (AvgIpc) is 2.23. The summed E-state index contributed by atoms with van der Waals surface area (Å²) < 4.78 is 12.8. The Balaban J connectivity index is 2.10. The SMILES string of the molecule is CSCCCCNCc1cccc(F)c1. The highest BCUT2D eigenvalue weighted by Crippen LogP contribution is 2.03. The first-order valence-corrected chi connectivity index (χ1v) is 6.66. The number of hydrogen-bond donors (Lipinski definition) is 1. The van der Waals surface area contributed by atoms with Crippen molar-refractivity contribution in [1.29, 1.82) is 0 Å². The van der Waals surface area contributed by atoms with Gasteiger partial charge in [-0.15, -0.1) is 0 Å². The molecule has 15 heavy (non-hydrogen) atoms. The maximum atomic E-state index is 12.8. The van der Waals surface area contributed by atoms with E-state index in [-0.39, 0.29) is 5.82 Å². The molecule has 84 valence electrons. The fourth-order valence-corrected chi connectivity index (χ4v) is 1.87. The summed E-state index contributed by atoms with van der Waals surface area (Å²) in [6, 6.07) is 6.74. The van der Waals surface area contributed by atoms with Crippen molar-refractivity contribution in [1.82, 2.24) is 5.32 Å². The van der Waals surface area contributed by atoms with Gasteiger partial charge in [-0.1, -0.05) is 12.1 Å². The Morgan fingerprint density at radius 1 is 1.33 bits per heavy atom. The molecule has 0 atom stereocenters. The molecule has 0 bridgehead atoms. The summed E-state index contributed by atoms with van der Waals surface area (Å²) in [6.45, 7) is 1.77. The van der Waals surface area contributed by atoms with Gasteiger partial charge in [0.1, 0.15) is 5.82 Å². The predicted octanol–water partition coefficient (Wildman–Crippen LogP) is 3.06. The van der Waals surface area contributed by atoms with E-state index in [1.165, 1.54) is 24.7 Å². The van der Waals surface area contributed by atoms with Crippen LogP contribution in [0.2, 0.25) is 0 Å². The third kappa shape index (κ3) is 5.80. The number of thioether (sulfide) groups is 1. The molecule has 0 fully saturated rings. The van der Waals surface area contributed by atoms with Crippen molar-refractivity contribution >= 4 is 11.8 Å². The van der Waals surface area contributed by atoms with Crippen molar-refractivity contribution in [3.8, 4) is 0 Å². The first-order valence-electron chi connectivity index (χ1n) is 5.27. The van der Waals surface area contributed by atoms with Crippen LogP contribution in [-0.2, 0) is 6.54 Å². The summed E-state index contributed by atoms with van der Waals surface area (Å²) in [4.78, 5) is 0. The number of rotatable bonds is 7. The number of unbranched alkanes of at least 4 members (excludes halogenated alkanes) is 1. The number of nitrogens with one attached hydrogen (secondary N) is 1. The Morgan fingerprint density at radius 2 is 2.20 bits per heavy atom. The standard InChI is InChI=1S/C12H18FNS/c1-15-8-3-2-7-14-10-11-5-4-6-12(13)9-11/h4-6,9,14H,2-3,7-8,10H2,1H3. The van der Waals surface area contributed by atoms with Gasteiger partial charge < -0.3 is 5.32 Å². The van der Waals surface area contributed by atoms with E-state index in [0.29, 0.717) is 0 Å². The zero-order valence-corrected chi connectivity index (χ0v) is 9.95. The second kappa shape index (κ2) is 7.71. The maximum Gasteiger partial charge on any atom is 0.123 e. The highest BCUT2D eigenvalue weighted by atomic mass is 32.2. The number of hydrogen-bond acceptors (Lipinski definition) is 2. The molecule has 0 aliphatic heterocycles. The molecule has 0 spiro atoms. The Bertz CT molecular complexity index is 278. The first-order chi connectivity index (χ1) is 7.33. The van der Waals surface area contributed by atoms with Crippen LogP contribution in [-0.4, -0.2) is 18.6 Å². The summed E-state index contributed by atoms with van der Waals surface area (Å²) in [7, 11) is 0. The van der Waals surface area contributed by atoms with Gasteiger partial charge in [0.2, 0.25) is 0 Å². The molecule has 3 heteroatoms. The van der Waals surface area contributed by atoms with Gasteiger partial charge in [0.15, 0.2) is 0 Å². The molecule has 1 N–H and O–H groups in total. The average molecular weight is 227 g/mol. The summed E-state index contributed by atoms with van der Waals surface area (Å²) in [5.74, 6) is 1.07. The molecule has 0 saturated heterocycles. The molecular weight excluding hydrogens is 209 g/mol. The molecule has 0 aliphatic rings. The van der Waals surface area contributed by atoms with Crippen LogP contribution in [0.15, 0.2) is 24.3 Å². The fraction of sp³-hybridized carbons (Fsp3) is 0.500. The van der Waals surface area contributed by atoms with E-state index in [2.05, 4.69) is 11.6 Å². The lowest BCUT2D eigenvalue weighted by molar-refractivity contribution is 0.614. The molecule has 1 nitrogen and oxygen atoms in total. The van der Waals surface area contributed by atoms with Crippen molar-refractivity contribution < 1.29 is 4.39 Å². The van der Waals surface area contributed by atoms with Crippen LogP contribution < -0.4 is 5.32 Å². The van der Waals surface area contributed by atoms with Crippen molar-refractivity contribution in [3.05, 3.63) is 35.6 Å². The van der Waals surface area contributed by atoms with Crippen molar-refractivity contribution in [2.75, 3.05) is 18.6 Å². The quantitative estimate of drug-likeness (QED) is 0.718. The normalized spacial score (nSPS) is 10.5. The minimum absolute atomic E-state index is 0.156. The second-order valence-corrected chi connectivity index (χ2v) is 4.49. The van der Waals surface area contributed by atoms with Crippen LogP contribution in [0.3, 0.4) is 0 Å². The third-order valence-corrected chi connectivity index (χ3v) is 2.87. The van der Waals surface area contributed by atoms with Crippen LogP contribution in [0.1, 0.15) is 18.4 Å². The lowest BCUT2D eigenvalue weighted by atomic mass is 10.2. The van der Waals surface area contributed by atoms with Crippen molar-refractivity contribution in [2.45, 2.75) is 19.4 Å². The van der Waals surface area contributed by atoms with Gasteiger partial charge in [-0.3, -0.25) is 0 Å². The summed E-state index contributed by atoms with van der Waals surface area (Å²) in [5.41, 5.74) is 1.01. The summed E-state index contributed by atoms with van der Waals surface area (Å²) in [6.07, 6.45) is 4.56. The maximum absolute atomic E-state index is 12.8. The van der Waals surface area contributed by atoms with E-state index in [0.717, 1.165) is 18.7 Å². The molecule has 0 aliphatic carbocycles. The summed E-state index contributed by atoms with van der Waals surface area (Å²) in [5, 5.41) is 3.31. The smallest absolute Gasteiger partial charge is 0.123 e. The topological polar surface area (TPSA) is 12.0 Å². The molecule has 1 aromatic carbocycles. The monoisotopic (exact) mass is 227 g/mol. The molecule has 0 radical (unpaired) electrons. The van der Waals surface area contributed by atoms with Crippen LogP contribution >= 0.6 is 11.8 Å². The molecule has 0 aromatic heterocycles. The lowest BCUT2D eigenvalue weighted by Crippen LogP contribution is -2.14. The van der Waals surface area contributed by atoms with E-state index in [4.69, 9.17) is 0 Å². The molecular formula is C12H18FNS. The third-order valence-electron chi connectivity index (χ3n) is 2.17. The van der Waals surface area contributed by atoms with Crippen molar-refractivity contribution in [3.63, 3.8) is 0 Å². The van der Waals surface area contributed by atoms with E-state index in [1.807, 2.05) is 17.8 Å². The van der Waals surface area contributed by atoms with Gasteiger partial charge >= 0.3 is 0 Å². The largest absolute Gasteiger partial charge is 0.313 e. The number of halogens is 1. The first kappa shape index (κ1) is 12.5. The molecule has 0 saturated carbocycles. The van der Waals surface area contributed by atoms with Gasteiger partial charge in [0.25, 0.3) is 0 Å². The van der Waals surface area contributed by atoms with E-state index in [9.17, 15) is 4.39 Å². The predicted molar refractivity (Wildman–Crippen MR) is 65.7 cm³/mol. The van der Waals surface area contributed by atoms with E-state index >= 15 is 0 Å². The minimum Gasteiger partial charge on any atom is -0.313 e. The van der Waals surface area contributed by atoms with Gasteiger partial charge in [-0.2, -0.15) is 11.8 Å². The zero-order valence-electron chi connectivity index (χ0n) is 9.13. The van der Waals surface area contributed by atoms with Crippen LogP contribution in [0.5, 0.6) is 0 Å². The van der Waals surface area contributed by atoms with E-state index < -0.39 is 0 Å². The Morgan fingerprint density at radius 3 is 2.93 bits per heavy atom.